The summed E-state index contributed by atoms with van der Waals surface area (Å²) >= 11 is 1.67. The Morgan fingerprint density at radius 3 is 2.50 bits per heavy atom. The standard InChI is InChI=1S/C14H19NO2S/c1-3-17-13(16)14(15,10-4-5-10)11-6-8-12(18-2)9-7-11/h6-10H,3-5,15H2,1-2H3. The van der Waals surface area contributed by atoms with Gasteiger partial charge in [0.1, 0.15) is 5.54 Å². The van der Waals surface area contributed by atoms with Gasteiger partial charge in [0.25, 0.3) is 0 Å². The van der Waals surface area contributed by atoms with Crippen molar-refractivity contribution in [1.29, 1.82) is 0 Å². The molecule has 2 rings (SSSR count). The number of hydrogen-bond acceptors (Lipinski definition) is 4. The molecular weight excluding hydrogens is 246 g/mol. The van der Waals surface area contributed by atoms with Crippen molar-refractivity contribution in [1.82, 2.24) is 0 Å². The normalized spacial score (nSPS) is 18.2. The van der Waals surface area contributed by atoms with Gasteiger partial charge in [-0.2, -0.15) is 0 Å². The van der Waals surface area contributed by atoms with E-state index in [4.69, 9.17) is 10.5 Å². The molecule has 4 heteroatoms. The Morgan fingerprint density at radius 2 is 2.06 bits per heavy atom. The SMILES string of the molecule is CCOC(=O)C(N)(c1ccc(SC)cc1)C1CC1. The molecule has 2 N–H and O–H groups in total. The van der Waals surface area contributed by atoms with Crippen molar-refractivity contribution in [2.24, 2.45) is 11.7 Å². The molecule has 0 spiro atoms. The van der Waals surface area contributed by atoms with Crippen molar-refractivity contribution in [3.63, 3.8) is 0 Å². The highest BCUT2D eigenvalue weighted by molar-refractivity contribution is 7.98. The van der Waals surface area contributed by atoms with Gasteiger partial charge in [0.2, 0.25) is 0 Å². The van der Waals surface area contributed by atoms with Crippen LogP contribution in [0.3, 0.4) is 0 Å². The number of ether oxygens (including phenoxy) is 1. The Bertz CT molecular complexity index is 428. The quantitative estimate of drug-likeness (QED) is 0.656. The van der Waals surface area contributed by atoms with Crippen LogP contribution in [0.1, 0.15) is 25.3 Å². The maximum Gasteiger partial charge on any atom is 0.331 e. The first-order valence-corrected chi connectivity index (χ1v) is 7.46. The summed E-state index contributed by atoms with van der Waals surface area (Å²) in [5.74, 6) is -0.0823. The minimum Gasteiger partial charge on any atom is -0.464 e. The summed E-state index contributed by atoms with van der Waals surface area (Å²) in [4.78, 5) is 13.3. The average Bonchev–Trinajstić information content (AvgIpc) is 3.23. The van der Waals surface area contributed by atoms with E-state index in [1.54, 1.807) is 11.8 Å². The van der Waals surface area contributed by atoms with E-state index >= 15 is 0 Å². The fraction of sp³-hybridized carbons (Fsp3) is 0.500. The molecule has 0 aromatic heterocycles. The molecule has 0 radical (unpaired) electrons. The third-order valence-electron chi connectivity index (χ3n) is 3.40. The van der Waals surface area contributed by atoms with Gasteiger partial charge in [-0.05, 0) is 49.6 Å². The highest BCUT2D eigenvalue weighted by Gasteiger charge is 2.50. The highest BCUT2D eigenvalue weighted by atomic mass is 32.2. The lowest BCUT2D eigenvalue weighted by Crippen LogP contribution is -2.48. The lowest BCUT2D eigenvalue weighted by atomic mass is 9.86. The molecule has 0 heterocycles. The molecular formula is C14H19NO2S. The third kappa shape index (κ3) is 2.40. The fourth-order valence-electron chi connectivity index (χ4n) is 2.18. The minimum atomic E-state index is -0.965. The van der Waals surface area contributed by atoms with E-state index in [0.717, 1.165) is 18.4 Å². The van der Waals surface area contributed by atoms with Crippen LogP contribution in [0.15, 0.2) is 29.2 Å². The molecule has 1 aromatic carbocycles. The predicted octanol–water partition coefficient (Wildman–Crippen LogP) is 2.54. The van der Waals surface area contributed by atoms with Crippen molar-refractivity contribution >= 4 is 17.7 Å². The first-order valence-electron chi connectivity index (χ1n) is 6.23. The third-order valence-corrected chi connectivity index (χ3v) is 4.15. The molecule has 0 aliphatic heterocycles. The van der Waals surface area contributed by atoms with Crippen LogP contribution in [0.5, 0.6) is 0 Å². The second kappa shape index (κ2) is 5.33. The zero-order valence-corrected chi connectivity index (χ0v) is 11.6. The van der Waals surface area contributed by atoms with E-state index in [-0.39, 0.29) is 11.9 Å². The predicted molar refractivity (Wildman–Crippen MR) is 73.4 cm³/mol. The summed E-state index contributed by atoms with van der Waals surface area (Å²) in [6, 6.07) is 7.90. The van der Waals surface area contributed by atoms with Crippen LogP contribution in [0.25, 0.3) is 0 Å². The van der Waals surface area contributed by atoms with Gasteiger partial charge in [-0.3, -0.25) is 0 Å². The van der Waals surface area contributed by atoms with Crippen LogP contribution in [-0.4, -0.2) is 18.8 Å². The highest BCUT2D eigenvalue weighted by Crippen LogP contribution is 2.45. The second-order valence-corrected chi connectivity index (χ2v) is 5.47. The second-order valence-electron chi connectivity index (χ2n) is 4.59. The molecule has 98 valence electrons. The number of nitrogens with two attached hydrogens (primary N) is 1. The van der Waals surface area contributed by atoms with Crippen LogP contribution in [-0.2, 0) is 15.1 Å². The molecule has 0 saturated heterocycles. The van der Waals surface area contributed by atoms with Crippen molar-refractivity contribution in [2.75, 3.05) is 12.9 Å². The Hall–Kier alpha value is -1.00. The molecule has 1 atom stereocenters. The molecule has 3 nitrogen and oxygen atoms in total. The van der Waals surface area contributed by atoms with Crippen molar-refractivity contribution < 1.29 is 9.53 Å². The van der Waals surface area contributed by atoms with E-state index < -0.39 is 5.54 Å². The molecule has 1 aliphatic carbocycles. The van der Waals surface area contributed by atoms with Gasteiger partial charge < -0.3 is 10.5 Å². The Balaban J connectivity index is 2.31. The van der Waals surface area contributed by atoms with Gasteiger partial charge >= 0.3 is 5.97 Å². The van der Waals surface area contributed by atoms with Crippen LogP contribution in [0.4, 0.5) is 0 Å². The lowest BCUT2D eigenvalue weighted by molar-refractivity contribution is -0.151. The van der Waals surface area contributed by atoms with E-state index in [1.807, 2.05) is 37.4 Å². The number of thioether (sulfide) groups is 1. The molecule has 1 fully saturated rings. The maximum absolute atomic E-state index is 12.1. The van der Waals surface area contributed by atoms with Crippen LogP contribution in [0.2, 0.25) is 0 Å². The van der Waals surface area contributed by atoms with Crippen molar-refractivity contribution in [3.05, 3.63) is 29.8 Å². The van der Waals surface area contributed by atoms with E-state index in [0.29, 0.717) is 6.61 Å². The summed E-state index contributed by atoms with van der Waals surface area (Å²) in [6.45, 7) is 2.18. The topological polar surface area (TPSA) is 52.3 Å². The largest absolute Gasteiger partial charge is 0.464 e. The molecule has 0 bridgehead atoms. The van der Waals surface area contributed by atoms with Gasteiger partial charge in [0.05, 0.1) is 6.61 Å². The number of carbonyl (C=O) groups is 1. The smallest absolute Gasteiger partial charge is 0.331 e. The molecule has 0 amide bonds. The summed E-state index contributed by atoms with van der Waals surface area (Å²) in [7, 11) is 0. The van der Waals surface area contributed by atoms with E-state index in [1.165, 1.54) is 4.90 Å². The number of carbonyl (C=O) groups excluding carboxylic acids is 1. The van der Waals surface area contributed by atoms with Gasteiger partial charge in [0.15, 0.2) is 0 Å². The van der Waals surface area contributed by atoms with Crippen molar-refractivity contribution in [2.45, 2.75) is 30.2 Å². The van der Waals surface area contributed by atoms with Gasteiger partial charge in [-0.1, -0.05) is 12.1 Å². The zero-order valence-electron chi connectivity index (χ0n) is 10.8. The summed E-state index contributed by atoms with van der Waals surface area (Å²) in [5, 5.41) is 0. The molecule has 1 unspecified atom stereocenters. The Kier molecular flexibility index (Phi) is 3.97. The average molecular weight is 265 g/mol. The van der Waals surface area contributed by atoms with Crippen molar-refractivity contribution in [3.8, 4) is 0 Å². The minimum absolute atomic E-state index is 0.219. The summed E-state index contributed by atoms with van der Waals surface area (Å²) in [5.41, 5.74) is 6.26. The summed E-state index contributed by atoms with van der Waals surface area (Å²) < 4.78 is 5.15. The lowest BCUT2D eigenvalue weighted by Gasteiger charge is -2.27. The van der Waals surface area contributed by atoms with Gasteiger partial charge in [-0.25, -0.2) is 4.79 Å². The Labute approximate surface area is 112 Å². The van der Waals surface area contributed by atoms with Crippen LogP contribution in [0, 0.1) is 5.92 Å². The number of esters is 1. The van der Waals surface area contributed by atoms with E-state index in [9.17, 15) is 4.79 Å². The first-order chi connectivity index (χ1) is 8.62. The Morgan fingerprint density at radius 1 is 1.44 bits per heavy atom. The number of rotatable bonds is 5. The van der Waals surface area contributed by atoms with Gasteiger partial charge in [0, 0.05) is 4.90 Å². The number of hydrogen-bond donors (Lipinski definition) is 1. The molecule has 18 heavy (non-hydrogen) atoms. The van der Waals surface area contributed by atoms with Gasteiger partial charge in [-0.15, -0.1) is 11.8 Å². The number of benzene rings is 1. The van der Waals surface area contributed by atoms with Crippen LogP contribution >= 0.6 is 11.8 Å². The monoisotopic (exact) mass is 265 g/mol. The fourth-order valence-corrected chi connectivity index (χ4v) is 2.58. The molecule has 1 aromatic rings. The molecule has 1 aliphatic rings. The van der Waals surface area contributed by atoms with E-state index in [2.05, 4.69) is 0 Å². The zero-order chi connectivity index (χ0) is 13.2. The molecule has 1 saturated carbocycles. The first kappa shape index (κ1) is 13.4. The van der Waals surface area contributed by atoms with Crippen LogP contribution < -0.4 is 5.73 Å². The maximum atomic E-state index is 12.1. The summed E-state index contributed by atoms with van der Waals surface area (Å²) in [6.07, 6.45) is 4.02.